The molecule has 0 radical (unpaired) electrons. The Bertz CT molecular complexity index is 777. The van der Waals surface area contributed by atoms with Crippen LogP contribution in [0.4, 0.5) is 5.69 Å². The third-order valence-corrected chi connectivity index (χ3v) is 4.90. The lowest BCUT2D eigenvalue weighted by atomic mass is 10.1. The van der Waals surface area contributed by atoms with Gasteiger partial charge in [-0.05, 0) is 52.4 Å². The molecule has 0 aliphatic carbocycles. The Kier molecular flexibility index (Phi) is 4.59. The van der Waals surface area contributed by atoms with Gasteiger partial charge in [0.15, 0.2) is 0 Å². The highest BCUT2D eigenvalue weighted by Crippen LogP contribution is 2.29. The smallest absolute Gasteiger partial charge is 0.255 e. The Hall–Kier alpha value is -1.60. The van der Waals surface area contributed by atoms with Gasteiger partial charge in [-0.2, -0.15) is 0 Å². The number of hydrogen-bond acceptors (Lipinski definition) is 2. The van der Waals surface area contributed by atoms with E-state index in [9.17, 15) is 9.59 Å². The Morgan fingerprint density at radius 2 is 1.87 bits per heavy atom. The van der Waals surface area contributed by atoms with E-state index < -0.39 is 6.04 Å². The average Bonchev–Trinajstić information content (AvgIpc) is 2.62. The van der Waals surface area contributed by atoms with Gasteiger partial charge < -0.3 is 10.2 Å². The van der Waals surface area contributed by atoms with Gasteiger partial charge in [0.2, 0.25) is 5.91 Å². The molecule has 0 aromatic heterocycles. The highest BCUT2D eigenvalue weighted by molar-refractivity contribution is 14.1. The zero-order valence-corrected chi connectivity index (χ0v) is 15.3. The number of likely N-dealkylation sites (N-methyl/N-ethyl adjacent to an activating group) is 1. The van der Waals surface area contributed by atoms with Gasteiger partial charge in [-0.1, -0.05) is 29.8 Å². The summed E-state index contributed by atoms with van der Waals surface area (Å²) in [6, 6.07) is 12.4. The van der Waals surface area contributed by atoms with Crippen LogP contribution in [-0.4, -0.2) is 24.9 Å². The lowest BCUT2D eigenvalue weighted by Crippen LogP contribution is -2.45. The van der Waals surface area contributed by atoms with Crippen molar-refractivity contribution in [3.63, 3.8) is 0 Å². The summed E-state index contributed by atoms with van der Waals surface area (Å²) in [4.78, 5) is 26.7. The highest BCUT2D eigenvalue weighted by atomic mass is 127. The molecule has 6 heteroatoms. The average molecular weight is 441 g/mol. The van der Waals surface area contributed by atoms with E-state index in [0.29, 0.717) is 22.7 Å². The number of halogens is 2. The van der Waals surface area contributed by atoms with Gasteiger partial charge in [0.1, 0.15) is 6.04 Å². The minimum absolute atomic E-state index is 0.155. The summed E-state index contributed by atoms with van der Waals surface area (Å²) in [5.74, 6) is -0.475. The van der Waals surface area contributed by atoms with Crippen molar-refractivity contribution in [2.45, 2.75) is 12.5 Å². The molecule has 0 fully saturated rings. The lowest BCUT2D eigenvalue weighted by molar-refractivity contribution is -0.120. The van der Waals surface area contributed by atoms with E-state index in [2.05, 4.69) is 27.9 Å². The number of fused-ring (bicyclic) bond motifs is 1. The van der Waals surface area contributed by atoms with E-state index in [1.807, 2.05) is 24.3 Å². The molecule has 2 amide bonds. The maximum atomic E-state index is 12.7. The van der Waals surface area contributed by atoms with Crippen molar-refractivity contribution in [3.8, 4) is 0 Å². The van der Waals surface area contributed by atoms with Crippen molar-refractivity contribution in [1.82, 2.24) is 5.32 Å². The predicted octanol–water partition coefficient (Wildman–Crippen LogP) is 3.26. The largest absolute Gasteiger partial charge is 0.340 e. The summed E-state index contributed by atoms with van der Waals surface area (Å²) in [6.45, 7) is 0. The minimum atomic E-state index is -0.615. The van der Waals surface area contributed by atoms with Crippen LogP contribution in [0.15, 0.2) is 42.5 Å². The van der Waals surface area contributed by atoms with Crippen molar-refractivity contribution in [1.29, 1.82) is 0 Å². The van der Waals surface area contributed by atoms with Crippen LogP contribution in [0.2, 0.25) is 5.02 Å². The van der Waals surface area contributed by atoms with Gasteiger partial charge in [0.05, 0.1) is 16.3 Å². The third-order valence-electron chi connectivity index (χ3n) is 3.87. The fourth-order valence-corrected chi connectivity index (χ4v) is 3.27. The molecule has 0 unspecified atom stereocenters. The molecular weight excluding hydrogens is 427 g/mol. The molecule has 1 aliphatic rings. The fraction of sp³-hybridized carbons (Fsp3) is 0.176. The van der Waals surface area contributed by atoms with Crippen LogP contribution in [0, 0.1) is 3.57 Å². The third kappa shape index (κ3) is 3.21. The van der Waals surface area contributed by atoms with Crippen LogP contribution >= 0.6 is 34.2 Å². The molecular formula is C17H14ClIN2O2. The fourth-order valence-electron chi connectivity index (χ4n) is 2.66. The van der Waals surface area contributed by atoms with Crippen molar-refractivity contribution >= 4 is 51.7 Å². The highest BCUT2D eigenvalue weighted by Gasteiger charge is 2.32. The number of carbonyl (C=O) groups excluding carboxylic acids is 2. The molecule has 2 aromatic rings. The van der Waals surface area contributed by atoms with E-state index in [1.165, 1.54) is 4.90 Å². The second-order valence-electron chi connectivity index (χ2n) is 5.39. The number of anilines is 1. The Morgan fingerprint density at radius 3 is 2.57 bits per heavy atom. The number of nitrogens with zero attached hydrogens (tertiary/aromatic N) is 1. The zero-order chi connectivity index (χ0) is 16.6. The topological polar surface area (TPSA) is 49.4 Å². The molecule has 4 nitrogen and oxygen atoms in total. The molecule has 0 saturated heterocycles. The predicted molar refractivity (Wildman–Crippen MR) is 99.0 cm³/mol. The quantitative estimate of drug-likeness (QED) is 0.729. The molecule has 23 heavy (non-hydrogen) atoms. The summed E-state index contributed by atoms with van der Waals surface area (Å²) >= 11 is 8.38. The first-order valence-corrected chi connectivity index (χ1v) is 8.54. The second-order valence-corrected chi connectivity index (χ2v) is 7.04. The van der Waals surface area contributed by atoms with E-state index in [4.69, 9.17) is 11.6 Å². The van der Waals surface area contributed by atoms with E-state index in [0.717, 1.165) is 9.13 Å². The molecule has 3 rings (SSSR count). The number of amides is 2. The maximum Gasteiger partial charge on any atom is 0.255 e. The zero-order valence-electron chi connectivity index (χ0n) is 12.3. The van der Waals surface area contributed by atoms with Gasteiger partial charge in [0.25, 0.3) is 5.91 Å². The Labute approximate surface area is 153 Å². The van der Waals surface area contributed by atoms with Gasteiger partial charge >= 0.3 is 0 Å². The van der Waals surface area contributed by atoms with Crippen molar-refractivity contribution in [3.05, 3.63) is 62.2 Å². The summed E-state index contributed by atoms with van der Waals surface area (Å²) in [6.07, 6.45) is 0.442. The number of hydrogen-bond donors (Lipinski definition) is 1. The maximum absolute atomic E-state index is 12.7. The molecule has 0 spiro atoms. The van der Waals surface area contributed by atoms with Crippen LogP contribution in [-0.2, 0) is 11.2 Å². The van der Waals surface area contributed by atoms with E-state index >= 15 is 0 Å². The Morgan fingerprint density at radius 1 is 1.17 bits per heavy atom. The summed E-state index contributed by atoms with van der Waals surface area (Å²) in [7, 11) is 1.67. The Balaban J connectivity index is 1.94. The summed E-state index contributed by atoms with van der Waals surface area (Å²) in [5.41, 5.74) is 1.87. The first-order valence-electron chi connectivity index (χ1n) is 7.09. The van der Waals surface area contributed by atoms with E-state index in [-0.39, 0.29) is 11.8 Å². The van der Waals surface area contributed by atoms with Crippen molar-refractivity contribution in [2.24, 2.45) is 0 Å². The summed E-state index contributed by atoms with van der Waals surface area (Å²) < 4.78 is 1.12. The molecule has 1 aliphatic heterocycles. The standard InChI is InChI=1S/C17H14ClIN2O2/c1-21-14-4-2-3-12(18)15(14)16(22)20-13(17(21)23)9-10-5-7-11(19)8-6-10/h2-8,13H,9H2,1H3,(H,20,22)/t13-/m1/s1. The first kappa shape index (κ1) is 16.3. The van der Waals surface area contributed by atoms with Crippen LogP contribution in [0.1, 0.15) is 15.9 Å². The molecule has 2 aromatic carbocycles. The molecule has 118 valence electrons. The number of nitrogens with one attached hydrogen (secondary N) is 1. The SMILES string of the molecule is CN1C(=O)[C@@H](Cc2ccc(I)cc2)NC(=O)c2c(Cl)cccc21. The molecule has 1 N–H and O–H groups in total. The molecule has 1 heterocycles. The monoisotopic (exact) mass is 440 g/mol. The molecule has 0 bridgehead atoms. The second kappa shape index (κ2) is 6.49. The summed E-state index contributed by atoms with van der Waals surface area (Å²) in [5, 5.41) is 3.14. The van der Waals surface area contributed by atoms with Crippen LogP contribution < -0.4 is 10.2 Å². The van der Waals surface area contributed by atoms with Gasteiger partial charge in [-0.25, -0.2) is 0 Å². The van der Waals surface area contributed by atoms with Crippen LogP contribution in [0.3, 0.4) is 0 Å². The van der Waals surface area contributed by atoms with Crippen molar-refractivity contribution < 1.29 is 9.59 Å². The number of benzene rings is 2. The van der Waals surface area contributed by atoms with Gasteiger partial charge in [-0.3, -0.25) is 9.59 Å². The van der Waals surface area contributed by atoms with Gasteiger partial charge in [-0.15, -0.1) is 0 Å². The molecule has 1 atom stereocenters. The number of carbonyl (C=O) groups is 2. The normalized spacial score (nSPS) is 17.5. The van der Waals surface area contributed by atoms with E-state index in [1.54, 1.807) is 25.2 Å². The number of rotatable bonds is 2. The minimum Gasteiger partial charge on any atom is -0.340 e. The van der Waals surface area contributed by atoms with Crippen LogP contribution in [0.25, 0.3) is 0 Å². The first-order chi connectivity index (χ1) is 11.0. The van der Waals surface area contributed by atoms with Crippen molar-refractivity contribution in [2.75, 3.05) is 11.9 Å². The molecule has 0 saturated carbocycles. The van der Waals surface area contributed by atoms with Gasteiger partial charge in [0, 0.05) is 17.0 Å². The lowest BCUT2D eigenvalue weighted by Gasteiger charge is -2.21. The van der Waals surface area contributed by atoms with Crippen LogP contribution in [0.5, 0.6) is 0 Å².